The second-order valence-electron chi connectivity index (χ2n) is 3.37. The molecule has 1 aromatic rings. The summed E-state index contributed by atoms with van der Waals surface area (Å²) in [6.07, 6.45) is 1.48. The van der Waals surface area contributed by atoms with Gasteiger partial charge in [-0.25, -0.2) is 4.98 Å². The van der Waals surface area contributed by atoms with Crippen LogP contribution in [-0.2, 0) is 4.79 Å². The van der Waals surface area contributed by atoms with Gasteiger partial charge in [-0.05, 0) is 20.3 Å². The first-order valence-electron chi connectivity index (χ1n) is 4.85. The van der Waals surface area contributed by atoms with E-state index in [1.54, 1.807) is 11.3 Å². The van der Waals surface area contributed by atoms with Crippen molar-refractivity contribution in [2.75, 3.05) is 0 Å². The Bertz CT molecular complexity index is 309. The Balaban J connectivity index is 2.50. The van der Waals surface area contributed by atoms with Gasteiger partial charge in [-0.3, -0.25) is 4.79 Å². The minimum atomic E-state index is 0.0350. The summed E-state index contributed by atoms with van der Waals surface area (Å²) in [5.74, 6) is 0.104. The third-order valence-electron chi connectivity index (χ3n) is 1.86. The van der Waals surface area contributed by atoms with Crippen molar-refractivity contribution < 1.29 is 4.79 Å². The van der Waals surface area contributed by atoms with Gasteiger partial charge in [-0.15, -0.1) is 11.3 Å². The maximum absolute atomic E-state index is 11.3. The van der Waals surface area contributed by atoms with Gasteiger partial charge in [0.1, 0.15) is 5.01 Å². The number of amides is 1. The zero-order valence-corrected chi connectivity index (χ0v) is 9.65. The Morgan fingerprint density at radius 2 is 2.43 bits per heavy atom. The van der Waals surface area contributed by atoms with Crippen LogP contribution in [0.25, 0.3) is 0 Å². The molecule has 0 bridgehead atoms. The lowest BCUT2D eigenvalue weighted by molar-refractivity contribution is -0.121. The Morgan fingerprint density at radius 3 is 2.93 bits per heavy atom. The molecule has 1 amide bonds. The van der Waals surface area contributed by atoms with Crippen LogP contribution >= 0.6 is 11.3 Å². The summed E-state index contributed by atoms with van der Waals surface area (Å²) in [5, 5.41) is 5.90. The van der Waals surface area contributed by atoms with E-state index in [2.05, 4.69) is 10.3 Å². The summed E-state index contributed by atoms with van der Waals surface area (Å²) in [6, 6.07) is 0.0350. The molecule has 0 saturated carbocycles. The van der Waals surface area contributed by atoms with E-state index >= 15 is 0 Å². The van der Waals surface area contributed by atoms with Crippen molar-refractivity contribution in [3.8, 4) is 0 Å². The fourth-order valence-corrected chi connectivity index (χ4v) is 1.98. The SMILES string of the molecule is CCCC(=O)NC(C)c1nc(C)cs1. The monoisotopic (exact) mass is 212 g/mol. The molecule has 0 saturated heterocycles. The van der Waals surface area contributed by atoms with Crippen LogP contribution < -0.4 is 5.32 Å². The topological polar surface area (TPSA) is 42.0 Å². The van der Waals surface area contributed by atoms with Crippen LogP contribution in [0.3, 0.4) is 0 Å². The fraction of sp³-hybridized carbons (Fsp3) is 0.600. The summed E-state index contributed by atoms with van der Waals surface area (Å²) >= 11 is 1.59. The Kier molecular flexibility index (Phi) is 4.07. The molecule has 1 rings (SSSR count). The molecule has 4 heteroatoms. The van der Waals surface area contributed by atoms with Crippen LogP contribution in [-0.4, -0.2) is 10.9 Å². The molecular formula is C10H16N2OS. The first kappa shape index (κ1) is 11.2. The highest BCUT2D eigenvalue weighted by molar-refractivity contribution is 7.09. The van der Waals surface area contributed by atoms with Crippen LogP contribution in [0.1, 0.15) is 43.4 Å². The standard InChI is InChI=1S/C10H16N2OS/c1-4-5-9(13)12-8(3)10-11-7(2)6-14-10/h6,8H,4-5H2,1-3H3,(H,12,13). The van der Waals surface area contributed by atoms with Gasteiger partial charge in [-0.1, -0.05) is 6.92 Å². The molecule has 1 unspecified atom stereocenters. The molecular weight excluding hydrogens is 196 g/mol. The van der Waals surface area contributed by atoms with E-state index in [-0.39, 0.29) is 11.9 Å². The van der Waals surface area contributed by atoms with E-state index in [9.17, 15) is 4.79 Å². The van der Waals surface area contributed by atoms with Crippen LogP contribution in [0.2, 0.25) is 0 Å². The van der Waals surface area contributed by atoms with Crippen molar-refractivity contribution >= 4 is 17.2 Å². The first-order valence-corrected chi connectivity index (χ1v) is 5.72. The summed E-state index contributed by atoms with van der Waals surface area (Å²) < 4.78 is 0. The van der Waals surface area contributed by atoms with E-state index in [4.69, 9.17) is 0 Å². The van der Waals surface area contributed by atoms with Gasteiger partial charge in [-0.2, -0.15) is 0 Å². The lowest BCUT2D eigenvalue weighted by Gasteiger charge is -2.10. The molecule has 0 aromatic carbocycles. The smallest absolute Gasteiger partial charge is 0.220 e. The molecule has 0 spiro atoms. The zero-order chi connectivity index (χ0) is 10.6. The predicted molar refractivity (Wildman–Crippen MR) is 58.3 cm³/mol. The van der Waals surface area contributed by atoms with Crippen molar-refractivity contribution in [2.24, 2.45) is 0 Å². The lowest BCUT2D eigenvalue weighted by Crippen LogP contribution is -2.26. The van der Waals surface area contributed by atoms with Crippen molar-refractivity contribution in [3.63, 3.8) is 0 Å². The maximum atomic E-state index is 11.3. The molecule has 14 heavy (non-hydrogen) atoms. The van der Waals surface area contributed by atoms with Gasteiger partial charge >= 0.3 is 0 Å². The quantitative estimate of drug-likeness (QED) is 0.833. The fourth-order valence-electron chi connectivity index (χ4n) is 1.17. The van der Waals surface area contributed by atoms with Gasteiger partial charge in [0.15, 0.2) is 0 Å². The molecule has 78 valence electrons. The molecule has 1 aromatic heterocycles. The number of hydrogen-bond acceptors (Lipinski definition) is 3. The van der Waals surface area contributed by atoms with E-state index in [1.807, 2.05) is 26.2 Å². The second-order valence-corrected chi connectivity index (χ2v) is 4.26. The Morgan fingerprint density at radius 1 is 1.71 bits per heavy atom. The number of aromatic nitrogens is 1. The maximum Gasteiger partial charge on any atom is 0.220 e. The van der Waals surface area contributed by atoms with Crippen molar-refractivity contribution in [1.82, 2.24) is 10.3 Å². The van der Waals surface area contributed by atoms with Gasteiger partial charge in [0, 0.05) is 17.5 Å². The molecule has 3 nitrogen and oxygen atoms in total. The highest BCUT2D eigenvalue weighted by Crippen LogP contribution is 2.17. The van der Waals surface area contributed by atoms with Crippen molar-refractivity contribution in [2.45, 2.75) is 39.7 Å². The number of nitrogens with one attached hydrogen (secondary N) is 1. The van der Waals surface area contributed by atoms with Gasteiger partial charge in [0.05, 0.1) is 6.04 Å². The number of carbonyl (C=O) groups excluding carboxylic acids is 1. The average molecular weight is 212 g/mol. The number of hydrogen-bond donors (Lipinski definition) is 1. The molecule has 0 aliphatic heterocycles. The summed E-state index contributed by atoms with van der Waals surface area (Å²) in [6.45, 7) is 5.92. The number of aryl methyl sites for hydroxylation is 1. The number of nitrogens with zero attached hydrogens (tertiary/aromatic N) is 1. The second kappa shape index (κ2) is 5.10. The normalized spacial score (nSPS) is 12.5. The lowest BCUT2D eigenvalue weighted by atomic mass is 10.3. The van der Waals surface area contributed by atoms with E-state index in [0.717, 1.165) is 17.1 Å². The van der Waals surface area contributed by atoms with Crippen molar-refractivity contribution in [1.29, 1.82) is 0 Å². The van der Waals surface area contributed by atoms with E-state index in [1.165, 1.54) is 0 Å². The third-order valence-corrected chi connectivity index (χ3v) is 3.01. The highest BCUT2D eigenvalue weighted by Gasteiger charge is 2.11. The zero-order valence-electron chi connectivity index (χ0n) is 8.83. The third kappa shape index (κ3) is 3.10. The number of carbonyl (C=O) groups is 1. The summed E-state index contributed by atoms with van der Waals surface area (Å²) in [4.78, 5) is 15.6. The van der Waals surface area contributed by atoms with Gasteiger partial charge in [0.25, 0.3) is 0 Å². The Hall–Kier alpha value is -0.900. The molecule has 1 N–H and O–H groups in total. The van der Waals surface area contributed by atoms with Crippen LogP contribution in [0, 0.1) is 6.92 Å². The number of thiazole rings is 1. The molecule has 0 aliphatic carbocycles. The molecule has 0 radical (unpaired) electrons. The predicted octanol–water partition coefficient (Wildman–Crippen LogP) is 2.43. The average Bonchev–Trinajstić information content (AvgIpc) is 2.52. The summed E-state index contributed by atoms with van der Waals surface area (Å²) in [5.41, 5.74) is 1.02. The van der Waals surface area contributed by atoms with Gasteiger partial charge < -0.3 is 5.32 Å². The summed E-state index contributed by atoms with van der Waals surface area (Å²) in [7, 11) is 0. The Labute approximate surface area is 88.6 Å². The molecule has 0 aliphatic rings. The van der Waals surface area contributed by atoms with E-state index < -0.39 is 0 Å². The van der Waals surface area contributed by atoms with Crippen molar-refractivity contribution in [3.05, 3.63) is 16.1 Å². The molecule has 0 fully saturated rings. The number of rotatable bonds is 4. The highest BCUT2D eigenvalue weighted by atomic mass is 32.1. The van der Waals surface area contributed by atoms with E-state index in [0.29, 0.717) is 6.42 Å². The largest absolute Gasteiger partial charge is 0.347 e. The van der Waals surface area contributed by atoms with Crippen LogP contribution in [0.4, 0.5) is 0 Å². The first-order chi connectivity index (χ1) is 6.63. The van der Waals surface area contributed by atoms with Gasteiger partial charge in [0.2, 0.25) is 5.91 Å². The van der Waals surface area contributed by atoms with Crippen LogP contribution in [0.15, 0.2) is 5.38 Å². The van der Waals surface area contributed by atoms with Crippen LogP contribution in [0.5, 0.6) is 0 Å². The molecule has 1 heterocycles. The minimum Gasteiger partial charge on any atom is -0.347 e. The minimum absolute atomic E-state index is 0.0350. The molecule has 1 atom stereocenters.